The highest BCUT2D eigenvalue weighted by Gasteiger charge is 2.57. The summed E-state index contributed by atoms with van der Waals surface area (Å²) in [6.45, 7) is 23.3. The highest BCUT2D eigenvalue weighted by molar-refractivity contribution is 7.00. The quantitative estimate of drug-likeness (QED) is 0.0528. The Kier molecular flexibility index (Phi) is 15.8. The molecule has 0 spiro atoms. The Balaban J connectivity index is 1.58. The zero-order valence-corrected chi connectivity index (χ0v) is 39.7. The fraction of sp³-hybridized carbons (Fsp3) is 0.426. The number of benzene rings is 4. The molecule has 1 saturated carbocycles. The zero-order chi connectivity index (χ0) is 43.6. The van der Waals surface area contributed by atoms with E-state index in [2.05, 4.69) is 165 Å². The summed E-state index contributed by atoms with van der Waals surface area (Å²) < 4.78 is 7.95. The molecule has 1 aliphatic rings. The van der Waals surface area contributed by atoms with Crippen molar-refractivity contribution in [2.45, 2.75) is 122 Å². The number of unbranched alkanes of at least 4 members (excludes halogenated alkanes) is 3. The van der Waals surface area contributed by atoms with Gasteiger partial charge in [0.1, 0.15) is 0 Å². The molecule has 60 heavy (non-hydrogen) atoms. The van der Waals surface area contributed by atoms with Crippen LogP contribution in [0.5, 0.6) is 0 Å². The van der Waals surface area contributed by atoms with Gasteiger partial charge >= 0.3 is 5.97 Å². The molecule has 0 heterocycles. The molecule has 0 amide bonds. The molecule has 4 nitrogen and oxygen atoms in total. The van der Waals surface area contributed by atoms with Crippen LogP contribution in [0, 0.1) is 23.7 Å². The van der Waals surface area contributed by atoms with Crippen molar-refractivity contribution in [3.63, 3.8) is 0 Å². The van der Waals surface area contributed by atoms with Gasteiger partial charge in [-0.05, 0) is 81.2 Å². The number of carbonyl (C=O) groups is 1. The predicted molar refractivity (Wildman–Crippen MR) is 259 cm³/mol. The summed E-state index contributed by atoms with van der Waals surface area (Å²) in [6.07, 6.45) is 15.9. The molecule has 0 aliphatic heterocycles. The van der Waals surface area contributed by atoms with Crippen molar-refractivity contribution >= 4 is 43.4 Å². The molecule has 6 heteroatoms. The maximum atomic E-state index is 13.5. The number of hydrogen-bond donors (Lipinski definition) is 2. The number of carboxylic acids is 1. The number of hydrogen-bond acceptors (Lipinski definition) is 3. The first-order chi connectivity index (χ1) is 28.5. The van der Waals surface area contributed by atoms with Gasteiger partial charge in [-0.15, -0.1) is 0 Å². The Morgan fingerprint density at radius 3 is 1.72 bits per heavy atom. The molecule has 320 valence electrons. The van der Waals surface area contributed by atoms with E-state index in [0.29, 0.717) is 12.8 Å². The molecule has 0 bridgehead atoms. The fourth-order valence-corrected chi connectivity index (χ4v) is 19.0. The minimum atomic E-state index is -3.40. The van der Waals surface area contributed by atoms with Gasteiger partial charge in [-0.2, -0.15) is 0 Å². The average molecular weight is 841 g/mol. The number of carboxylic acid groups (broad SMARTS) is 1. The Morgan fingerprint density at radius 1 is 0.783 bits per heavy atom. The molecule has 4 aromatic carbocycles. The van der Waals surface area contributed by atoms with Crippen LogP contribution in [0.4, 0.5) is 0 Å². The molecule has 5 rings (SSSR count). The van der Waals surface area contributed by atoms with E-state index in [1.165, 1.54) is 15.9 Å². The summed E-state index contributed by atoms with van der Waals surface area (Å²) in [5.74, 6) is -0.210. The third kappa shape index (κ3) is 10.2. The lowest BCUT2D eigenvalue weighted by Crippen LogP contribution is -2.69. The van der Waals surface area contributed by atoms with Crippen LogP contribution in [0.25, 0.3) is 0 Å². The third-order valence-corrected chi connectivity index (χ3v) is 23.4. The van der Waals surface area contributed by atoms with Crippen molar-refractivity contribution in [2.24, 2.45) is 23.7 Å². The van der Waals surface area contributed by atoms with Gasteiger partial charge in [0, 0.05) is 12.3 Å². The average Bonchev–Trinajstić information content (AvgIpc) is 3.52. The molecular formula is C54H72O4Si2. The Bertz CT molecular complexity index is 1940. The lowest BCUT2D eigenvalue weighted by molar-refractivity contribution is -0.137. The summed E-state index contributed by atoms with van der Waals surface area (Å²) in [4.78, 5) is 24.9. The van der Waals surface area contributed by atoms with Gasteiger partial charge in [-0.3, -0.25) is 4.79 Å². The summed E-state index contributed by atoms with van der Waals surface area (Å²) in [5.41, 5.74) is 0.685. The smallest absolute Gasteiger partial charge is 0.303 e. The topological polar surface area (TPSA) is 66.8 Å². The lowest BCUT2D eigenvalue weighted by Gasteiger charge is -2.48. The number of rotatable bonds is 20. The molecule has 5 atom stereocenters. The summed E-state index contributed by atoms with van der Waals surface area (Å²) >= 11 is 0. The molecule has 2 unspecified atom stereocenters. The van der Waals surface area contributed by atoms with Crippen molar-refractivity contribution in [1.82, 2.24) is 0 Å². The molecule has 0 aromatic heterocycles. The van der Waals surface area contributed by atoms with Crippen LogP contribution in [-0.2, 0) is 9.22 Å². The van der Waals surface area contributed by atoms with E-state index in [0.717, 1.165) is 42.5 Å². The van der Waals surface area contributed by atoms with E-state index in [4.69, 9.17) is 11.0 Å². The Hall–Kier alpha value is -4.08. The highest BCUT2D eigenvalue weighted by Crippen LogP contribution is 2.55. The summed E-state index contributed by atoms with van der Waals surface area (Å²) in [6, 6.07) is 42.5. The highest BCUT2D eigenvalue weighted by atomic mass is 28.4. The van der Waals surface area contributed by atoms with Crippen LogP contribution >= 0.6 is 0 Å². The lowest BCUT2D eigenvalue weighted by atomic mass is 9.75. The van der Waals surface area contributed by atoms with Gasteiger partial charge in [0.2, 0.25) is 0 Å². The largest absolute Gasteiger partial charge is 0.481 e. The Morgan fingerprint density at radius 2 is 1.27 bits per heavy atom. The van der Waals surface area contributed by atoms with E-state index in [1.54, 1.807) is 0 Å². The van der Waals surface area contributed by atoms with Gasteiger partial charge in [-0.25, -0.2) is 0 Å². The molecule has 1 fully saturated rings. The van der Waals surface area contributed by atoms with Crippen molar-refractivity contribution in [3.05, 3.63) is 158 Å². The van der Waals surface area contributed by atoms with Gasteiger partial charge in [-0.1, -0.05) is 226 Å². The van der Waals surface area contributed by atoms with Crippen molar-refractivity contribution in [1.29, 1.82) is 0 Å². The molecule has 2 N–H and O–H groups in total. The van der Waals surface area contributed by atoms with Crippen molar-refractivity contribution < 1.29 is 19.1 Å². The van der Waals surface area contributed by atoms with Gasteiger partial charge in [0.15, 0.2) is 0 Å². The minimum absolute atomic E-state index is 0.00569. The molecule has 4 aromatic rings. The van der Waals surface area contributed by atoms with Gasteiger partial charge in [0.05, 0.1) is 5.60 Å². The van der Waals surface area contributed by atoms with E-state index in [1.807, 2.05) is 36.4 Å². The Labute approximate surface area is 364 Å². The maximum absolute atomic E-state index is 13.5. The first-order valence-electron chi connectivity index (χ1n) is 22.4. The standard InChI is InChI=1S/C54H72O4Si2/c1-10-11-27-39-54(9,58-60(52(4,5)6,46-32-21-14-22-33-46)47-34-23-15-24-35-47)40-38-48-42(2)41-49(43(48)3)50(36-25-16-26-37-51(55)56)53(7,8)59(57,44-28-17-12-18-29-44)45-30-19-13-20-31-45/h12-15,17-25,28-36,38,40,43,48-50,57H,2,10-11,16,26-27,37,39,41H2,1,3-9H3,(H,55,56)/b36-25-,40-38+/t43-,48+,49+,50?,54?/m1/s1. The van der Waals surface area contributed by atoms with E-state index < -0.39 is 33.2 Å². The second-order valence-electron chi connectivity index (χ2n) is 19.2. The fourth-order valence-electron chi connectivity index (χ4n) is 10.3. The minimum Gasteiger partial charge on any atom is -0.481 e. The first-order valence-corrected chi connectivity index (χ1v) is 26.3. The molecular weight excluding hydrogens is 769 g/mol. The van der Waals surface area contributed by atoms with Crippen LogP contribution < -0.4 is 20.7 Å². The molecule has 0 saturated heterocycles. The van der Waals surface area contributed by atoms with Crippen molar-refractivity contribution in [2.75, 3.05) is 0 Å². The van der Waals surface area contributed by atoms with E-state index >= 15 is 0 Å². The first kappa shape index (κ1) is 47.0. The normalized spacial score (nSPS) is 19.5. The van der Waals surface area contributed by atoms with Gasteiger partial charge < -0.3 is 14.3 Å². The van der Waals surface area contributed by atoms with E-state index in [-0.39, 0.29) is 35.1 Å². The molecule has 1 aliphatic carbocycles. The second-order valence-corrected chi connectivity index (χ2v) is 27.3. The van der Waals surface area contributed by atoms with Crippen LogP contribution in [0.1, 0.15) is 107 Å². The zero-order valence-electron chi connectivity index (χ0n) is 37.7. The van der Waals surface area contributed by atoms with Crippen molar-refractivity contribution in [3.8, 4) is 0 Å². The summed E-state index contributed by atoms with van der Waals surface area (Å²) in [5, 5.41) is 13.2. The third-order valence-electron chi connectivity index (χ3n) is 13.7. The van der Waals surface area contributed by atoms with Crippen LogP contribution in [0.3, 0.4) is 0 Å². The SMILES string of the molecule is C=C1C[C@H](C(/C=C\CCCC(=O)O)C(C)(C)[Si](O)(c2ccccc2)c2ccccc2)[C@H](C)[C@H]1/C=C/C(C)(CCCCC)O[Si](c1ccccc1)(c1ccccc1)C(C)(C)C. The monoisotopic (exact) mass is 840 g/mol. The van der Waals surface area contributed by atoms with Crippen LogP contribution in [0.15, 0.2) is 158 Å². The number of allylic oxidation sites excluding steroid dienone is 4. The molecule has 0 radical (unpaired) electrons. The van der Waals surface area contributed by atoms with E-state index in [9.17, 15) is 14.7 Å². The number of aliphatic carboxylic acids is 1. The maximum Gasteiger partial charge on any atom is 0.303 e. The summed E-state index contributed by atoms with van der Waals surface area (Å²) in [7, 11) is -6.27. The van der Waals surface area contributed by atoms with Gasteiger partial charge in [0.25, 0.3) is 16.6 Å². The van der Waals surface area contributed by atoms with Crippen LogP contribution in [0.2, 0.25) is 10.1 Å². The second kappa shape index (κ2) is 20.2. The predicted octanol–water partition coefficient (Wildman–Crippen LogP) is 11.2. The van der Waals surface area contributed by atoms with Crippen LogP contribution in [-0.4, -0.2) is 38.1 Å².